The molecule has 0 aromatic heterocycles. The summed E-state index contributed by atoms with van der Waals surface area (Å²) in [4.78, 5) is 142. The molecule has 0 aliphatic carbocycles. The molecule has 0 fully saturated rings. The number of phenolic OH excluding ortho intramolecular Hbond substituents is 1. The summed E-state index contributed by atoms with van der Waals surface area (Å²) in [6.45, 7) is 4.75. The Kier molecular flexibility index (Phi) is 24.4. The number of benzene rings is 2. The van der Waals surface area contributed by atoms with Crippen LogP contribution in [-0.2, 0) is 65.6 Å². The molecule has 2 aromatic carbocycles. The normalized spacial score (nSPS) is 13.9. The molecule has 384 valence electrons. The van der Waals surface area contributed by atoms with Gasteiger partial charge in [0.2, 0.25) is 59.1 Å². The van der Waals surface area contributed by atoms with E-state index in [1.165, 1.54) is 24.3 Å². The van der Waals surface area contributed by atoms with Crippen LogP contribution in [0.25, 0.3) is 0 Å². The van der Waals surface area contributed by atoms with Gasteiger partial charge in [0.05, 0.1) is 32.5 Å². The van der Waals surface area contributed by atoms with E-state index in [4.69, 9.17) is 17.2 Å². The number of nitrogens with one attached hydrogen (secondary N) is 8. The molecule has 7 atom stereocenters. The number of hydrogen-bond donors (Lipinski definition) is 14. The van der Waals surface area contributed by atoms with Crippen molar-refractivity contribution in [1.82, 2.24) is 42.5 Å². The van der Waals surface area contributed by atoms with Crippen molar-refractivity contribution in [3.63, 3.8) is 0 Å². The second-order valence-corrected chi connectivity index (χ2v) is 17.1. The van der Waals surface area contributed by atoms with E-state index in [2.05, 4.69) is 42.5 Å². The molecule has 0 radical (unpaired) electrons. The van der Waals surface area contributed by atoms with E-state index in [-0.39, 0.29) is 43.3 Å². The van der Waals surface area contributed by atoms with Crippen LogP contribution >= 0.6 is 0 Å². The van der Waals surface area contributed by atoms with Crippen molar-refractivity contribution in [3.8, 4) is 5.75 Å². The molecule has 70 heavy (non-hydrogen) atoms. The first-order valence-electron chi connectivity index (χ1n) is 22.2. The van der Waals surface area contributed by atoms with Crippen LogP contribution in [-0.4, -0.2) is 142 Å². The van der Waals surface area contributed by atoms with Gasteiger partial charge in [-0.1, -0.05) is 70.2 Å². The summed E-state index contributed by atoms with van der Waals surface area (Å²) in [6, 6.07) is 3.59. The lowest BCUT2D eigenvalue weighted by molar-refractivity contribution is -0.143. The van der Waals surface area contributed by atoms with E-state index in [0.29, 0.717) is 11.1 Å². The highest BCUT2D eigenvalue weighted by Gasteiger charge is 2.34. The maximum atomic E-state index is 14.1. The molecule has 2 aromatic rings. The van der Waals surface area contributed by atoms with Crippen LogP contribution in [0, 0.1) is 11.8 Å². The largest absolute Gasteiger partial charge is 0.508 e. The zero-order valence-corrected chi connectivity index (χ0v) is 39.3. The van der Waals surface area contributed by atoms with E-state index in [1.807, 2.05) is 0 Å². The molecule has 0 saturated heterocycles. The highest BCUT2D eigenvalue weighted by Crippen LogP contribution is 2.14. The Balaban J connectivity index is 2.34. The second-order valence-electron chi connectivity index (χ2n) is 17.1. The first kappa shape index (κ1) is 58.5. The van der Waals surface area contributed by atoms with Gasteiger partial charge in [0, 0.05) is 12.8 Å². The Morgan fingerprint density at radius 2 is 0.900 bits per heavy atom. The molecule has 0 aliphatic rings. The SMILES string of the molecule is CC(C)CC(NC(=O)C(Cc1ccccc1)NC(=O)CNC(=O)C(CO)NC(=O)C(CC(N)=O)NC(=O)CN)C(=O)NC(CC(C)C)C(=O)NC(Cc1ccc(O)cc1)C(=O)NC(CC(N)=O)C(=O)O. The fourth-order valence-corrected chi connectivity index (χ4v) is 6.70. The number of hydrogen-bond acceptors (Lipinski definition) is 14. The molecule has 7 unspecified atom stereocenters. The van der Waals surface area contributed by atoms with Crippen LogP contribution in [0.4, 0.5) is 0 Å². The van der Waals surface area contributed by atoms with Crippen molar-refractivity contribution in [2.75, 3.05) is 19.7 Å². The zero-order valence-electron chi connectivity index (χ0n) is 39.3. The first-order valence-corrected chi connectivity index (χ1v) is 22.2. The maximum absolute atomic E-state index is 14.1. The molecule has 10 amide bonds. The molecule has 0 aliphatic heterocycles. The maximum Gasteiger partial charge on any atom is 0.326 e. The average Bonchev–Trinajstić information content (AvgIpc) is 3.28. The number of aliphatic hydroxyl groups excluding tert-OH is 1. The number of rotatable bonds is 30. The third-order valence-corrected chi connectivity index (χ3v) is 10.1. The van der Waals surface area contributed by atoms with Gasteiger partial charge in [-0.05, 0) is 47.9 Å². The number of aliphatic carboxylic acids is 1. The Morgan fingerprint density at radius 3 is 1.36 bits per heavy atom. The number of phenols is 1. The summed E-state index contributed by atoms with van der Waals surface area (Å²) in [5, 5.41) is 48.4. The number of carboxylic acids is 1. The quantitative estimate of drug-likeness (QED) is 0.0351. The minimum atomic E-state index is -1.74. The van der Waals surface area contributed by atoms with Crippen molar-refractivity contribution in [3.05, 3.63) is 65.7 Å². The number of carboxylic acid groups (broad SMARTS) is 1. The number of nitrogens with two attached hydrogens (primary N) is 3. The molecule has 0 spiro atoms. The van der Waals surface area contributed by atoms with Crippen molar-refractivity contribution in [1.29, 1.82) is 0 Å². The second kappa shape index (κ2) is 29.3. The van der Waals surface area contributed by atoms with Gasteiger partial charge in [-0.15, -0.1) is 0 Å². The smallest absolute Gasteiger partial charge is 0.326 e. The fraction of sp³-hybridized carbons (Fsp3) is 0.489. The van der Waals surface area contributed by atoms with Gasteiger partial charge in [0.25, 0.3) is 0 Å². The average molecular weight is 984 g/mol. The lowest BCUT2D eigenvalue weighted by Crippen LogP contribution is -2.60. The van der Waals surface area contributed by atoms with Crippen molar-refractivity contribution >= 4 is 65.0 Å². The summed E-state index contributed by atoms with van der Waals surface area (Å²) >= 11 is 0. The molecule has 0 bridgehead atoms. The van der Waals surface area contributed by atoms with Gasteiger partial charge < -0.3 is 75.1 Å². The molecular weight excluding hydrogens is 919 g/mol. The standard InChI is InChI=1S/C45H65N11O14/c1-23(2)14-28(40(64)52-29(15-24(3)4)41(65)54-31(17-26-10-12-27(58)13-11-26)43(67)55-33(45(69)70)19-36(48)60)53-42(66)30(16-25-8-6-5-7-9-25)51-38(62)21-49-39(63)34(22-57)56-44(68)32(18-35(47)59)50-37(61)20-46/h5-13,23-24,28-34,57-58H,14-22,46H2,1-4H3,(H2,47,59)(H2,48,60)(H,49,63)(H,50,61)(H,51,62)(H,52,64)(H,53,66)(H,54,65)(H,55,67)(H,56,68)(H,69,70). The lowest BCUT2D eigenvalue weighted by Gasteiger charge is -2.28. The number of carbonyl (C=O) groups excluding carboxylic acids is 10. The molecule has 25 heteroatoms. The van der Waals surface area contributed by atoms with Gasteiger partial charge in [-0.2, -0.15) is 0 Å². The highest BCUT2D eigenvalue weighted by molar-refractivity contribution is 5.98. The number of primary amides is 2. The van der Waals surface area contributed by atoms with Crippen LogP contribution in [0.1, 0.15) is 64.5 Å². The topological polar surface area (TPSA) is 423 Å². The number of aliphatic hydroxyl groups is 1. The van der Waals surface area contributed by atoms with Gasteiger partial charge in [-0.25, -0.2) is 4.79 Å². The summed E-state index contributed by atoms with van der Waals surface area (Å²) < 4.78 is 0. The van der Waals surface area contributed by atoms with Gasteiger partial charge in [-0.3, -0.25) is 47.9 Å². The minimum absolute atomic E-state index is 0.0188. The predicted octanol–water partition coefficient (Wildman–Crippen LogP) is -4.43. The van der Waals surface area contributed by atoms with E-state index >= 15 is 0 Å². The predicted molar refractivity (Wildman–Crippen MR) is 249 cm³/mol. The van der Waals surface area contributed by atoms with E-state index in [1.54, 1.807) is 58.0 Å². The number of carbonyl (C=O) groups is 11. The third kappa shape index (κ3) is 21.5. The molecule has 0 saturated carbocycles. The van der Waals surface area contributed by atoms with Crippen LogP contribution in [0.3, 0.4) is 0 Å². The first-order chi connectivity index (χ1) is 32.9. The summed E-state index contributed by atoms with van der Waals surface area (Å²) in [5.41, 5.74) is 16.6. The van der Waals surface area contributed by atoms with E-state index < -0.39 is 140 Å². The van der Waals surface area contributed by atoms with Crippen LogP contribution < -0.4 is 59.7 Å². The lowest BCUT2D eigenvalue weighted by atomic mass is 9.98. The Labute approximate surface area is 403 Å². The van der Waals surface area contributed by atoms with Crippen molar-refractivity contribution < 1.29 is 68.1 Å². The Morgan fingerprint density at radius 1 is 0.500 bits per heavy atom. The summed E-state index contributed by atoms with van der Waals surface area (Å²) in [5.74, 6) is -11.5. The monoisotopic (exact) mass is 983 g/mol. The highest BCUT2D eigenvalue weighted by atomic mass is 16.4. The Hall–Kier alpha value is -7.67. The van der Waals surface area contributed by atoms with Crippen molar-refractivity contribution in [2.24, 2.45) is 29.0 Å². The molecule has 0 heterocycles. The fourth-order valence-electron chi connectivity index (χ4n) is 6.70. The molecule has 2 rings (SSSR count). The van der Waals surface area contributed by atoms with Crippen LogP contribution in [0.2, 0.25) is 0 Å². The Bertz CT molecular complexity index is 2160. The third-order valence-electron chi connectivity index (χ3n) is 10.1. The van der Waals surface area contributed by atoms with E-state index in [9.17, 15) is 68.1 Å². The summed E-state index contributed by atoms with van der Waals surface area (Å²) in [6.07, 6.45) is -1.70. The van der Waals surface area contributed by atoms with Crippen LogP contribution in [0.5, 0.6) is 5.75 Å². The minimum Gasteiger partial charge on any atom is -0.508 e. The van der Waals surface area contributed by atoms with Crippen LogP contribution in [0.15, 0.2) is 54.6 Å². The van der Waals surface area contributed by atoms with Crippen molar-refractivity contribution in [2.45, 2.75) is 109 Å². The van der Waals surface area contributed by atoms with Gasteiger partial charge >= 0.3 is 5.97 Å². The summed E-state index contributed by atoms with van der Waals surface area (Å²) in [7, 11) is 0. The van der Waals surface area contributed by atoms with Gasteiger partial charge in [0.1, 0.15) is 48.0 Å². The van der Waals surface area contributed by atoms with E-state index in [0.717, 1.165) is 0 Å². The number of amides is 10. The molecule has 17 N–H and O–H groups in total. The zero-order chi connectivity index (χ0) is 52.7. The molecule has 25 nitrogen and oxygen atoms in total. The number of aromatic hydroxyl groups is 1. The van der Waals surface area contributed by atoms with Gasteiger partial charge in [0.15, 0.2) is 0 Å². The molecular formula is C45H65N11O14.